The molecule has 0 bridgehead atoms. The lowest BCUT2D eigenvalue weighted by atomic mass is 10.0. The first-order valence-corrected chi connectivity index (χ1v) is 5.57. The van der Waals surface area contributed by atoms with E-state index in [0.29, 0.717) is 11.1 Å². The lowest BCUT2D eigenvalue weighted by Gasteiger charge is -2.11. The Morgan fingerprint density at radius 3 is 2.50 bits per heavy atom. The van der Waals surface area contributed by atoms with Gasteiger partial charge in [-0.3, -0.25) is 0 Å². The minimum atomic E-state index is -0.484. The van der Waals surface area contributed by atoms with Crippen LogP contribution in [-0.4, -0.2) is 0 Å². The van der Waals surface area contributed by atoms with Crippen molar-refractivity contribution in [2.75, 3.05) is 0 Å². The molecular formula is C11H13BrF2. The van der Waals surface area contributed by atoms with Crippen LogP contribution in [0.1, 0.15) is 35.7 Å². The van der Waals surface area contributed by atoms with Gasteiger partial charge in [-0.05, 0) is 25.0 Å². The third kappa shape index (κ3) is 2.53. The van der Waals surface area contributed by atoms with Gasteiger partial charge in [0, 0.05) is 16.5 Å². The zero-order valence-corrected chi connectivity index (χ0v) is 9.87. The molecule has 1 aromatic rings. The third-order valence-electron chi connectivity index (χ3n) is 2.16. The first kappa shape index (κ1) is 11.6. The van der Waals surface area contributed by atoms with E-state index >= 15 is 0 Å². The van der Waals surface area contributed by atoms with Crippen molar-refractivity contribution in [1.82, 2.24) is 0 Å². The maximum Gasteiger partial charge on any atom is 0.130 e. The number of hydrogen-bond donors (Lipinski definition) is 0. The molecule has 0 aliphatic carbocycles. The van der Waals surface area contributed by atoms with Gasteiger partial charge < -0.3 is 0 Å². The predicted octanol–water partition coefficient (Wildman–Crippen LogP) is 4.51. The molecule has 1 unspecified atom stereocenters. The molecule has 0 N–H and O–H groups in total. The Bertz CT molecular complexity index is 323. The van der Waals surface area contributed by atoms with Crippen LogP contribution in [-0.2, 0) is 0 Å². The van der Waals surface area contributed by atoms with Crippen LogP contribution in [0.25, 0.3) is 0 Å². The largest absolute Gasteiger partial charge is 0.207 e. The molecule has 0 saturated carbocycles. The third-order valence-corrected chi connectivity index (χ3v) is 3.11. The first-order valence-electron chi connectivity index (χ1n) is 4.65. The van der Waals surface area contributed by atoms with Crippen molar-refractivity contribution in [3.8, 4) is 0 Å². The fourth-order valence-electron chi connectivity index (χ4n) is 1.33. The van der Waals surface area contributed by atoms with Crippen molar-refractivity contribution >= 4 is 15.9 Å². The lowest BCUT2D eigenvalue weighted by Crippen LogP contribution is -1.97. The maximum absolute atomic E-state index is 13.3. The summed E-state index contributed by atoms with van der Waals surface area (Å²) < 4.78 is 26.3. The maximum atomic E-state index is 13.3. The van der Waals surface area contributed by atoms with Crippen molar-refractivity contribution in [2.24, 2.45) is 0 Å². The fourth-order valence-corrected chi connectivity index (χ4v) is 2.14. The summed E-state index contributed by atoms with van der Waals surface area (Å²) in [6.07, 6.45) is 1.81. The van der Waals surface area contributed by atoms with E-state index in [2.05, 4.69) is 15.9 Å². The van der Waals surface area contributed by atoms with E-state index in [1.165, 1.54) is 0 Å². The monoisotopic (exact) mass is 262 g/mol. The molecule has 0 saturated heterocycles. The van der Waals surface area contributed by atoms with Crippen molar-refractivity contribution in [3.63, 3.8) is 0 Å². The van der Waals surface area contributed by atoms with Gasteiger partial charge in [0.25, 0.3) is 0 Å². The fraction of sp³-hybridized carbons (Fsp3) is 0.455. The second-order valence-electron chi connectivity index (χ2n) is 3.38. The number of benzene rings is 1. The van der Waals surface area contributed by atoms with Gasteiger partial charge in [-0.1, -0.05) is 29.3 Å². The number of rotatable bonds is 3. The minimum Gasteiger partial charge on any atom is -0.207 e. The molecule has 0 amide bonds. The standard InChI is InChI=1S/C11H13BrF2/c1-3-4-9(12)8-5-7(2)10(13)6-11(8)14/h5-6,9H,3-4H2,1-2H3. The molecule has 3 heteroatoms. The molecule has 1 atom stereocenters. The molecule has 0 aliphatic rings. The van der Waals surface area contributed by atoms with Crippen LogP contribution in [0.2, 0.25) is 0 Å². The molecule has 14 heavy (non-hydrogen) atoms. The van der Waals surface area contributed by atoms with Crippen LogP contribution in [0.15, 0.2) is 12.1 Å². The normalized spacial score (nSPS) is 12.9. The molecule has 0 radical (unpaired) electrons. The Kier molecular flexibility index (Phi) is 4.05. The van der Waals surface area contributed by atoms with Crippen molar-refractivity contribution in [1.29, 1.82) is 0 Å². The second-order valence-corrected chi connectivity index (χ2v) is 4.48. The summed E-state index contributed by atoms with van der Waals surface area (Å²) in [6, 6.07) is 2.52. The highest BCUT2D eigenvalue weighted by molar-refractivity contribution is 9.09. The van der Waals surface area contributed by atoms with Gasteiger partial charge in [-0.25, -0.2) is 8.78 Å². The highest BCUT2D eigenvalue weighted by Crippen LogP contribution is 2.30. The van der Waals surface area contributed by atoms with Gasteiger partial charge >= 0.3 is 0 Å². The van der Waals surface area contributed by atoms with Crippen LogP contribution < -0.4 is 0 Å². The molecular weight excluding hydrogens is 250 g/mol. The summed E-state index contributed by atoms with van der Waals surface area (Å²) in [4.78, 5) is -0.0215. The molecule has 0 fully saturated rings. The van der Waals surface area contributed by atoms with E-state index in [1.807, 2.05) is 6.92 Å². The Hall–Kier alpha value is -0.440. The number of aryl methyl sites for hydroxylation is 1. The van der Waals surface area contributed by atoms with Crippen molar-refractivity contribution < 1.29 is 8.78 Å². The molecule has 0 spiro atoms. The highest BCUT2D eigenvalue weighted by Gasteiger charge is 2.13. The van der Waals surface area contributed by atoms with Gasteiger partial charge in [0.2, 0.25) is 0 Å². The lowest BCUT2D eigenvalue weighted by molar-refractivity contribution is 0.563. The minimum absolute atomic E-state index is 0.0215. The van der Waals surface area contributed by atoms with Gasteiger partial charge in [0.05, 0.1) is 0 Å². The van der Waals surface area contributed by atoms with Gasteiger partial charge in [-0.15, -0.1) is 0 Å². The van der Waals surface area contributed by atoms with E-state index in [4.69, 9.17) is 0 Å². The number of hydrogen-bond acceptors (Lipinski definition) is 0. The van der Waals surface area contributed by atoms with Crippen LogP contribution in [0.3, 0.4) is 0 Å². The van der Waals surface area contributed by atoms with Crippen molar-refractivity contribution in [2.45, 2.75) is 31.5 Å². The van der Waals surface area contributed by atoms with Gasteiger partial charge in [0.15, 0.2) is 0 Å². The van der Waals surface area contributed by atoms with E-state index in [9.17, 15) is 8.78 Å². The van der Waals surface area contributed by atoms with Crippen LogP contribution in [0, 0.1) is 18.6 Å². The molecule has 78 valence electrons. The summed E-state index contributed by atoms with van der Waals surface area (Å²) in [5, 5.41) is 0. The molecule has 0 nitrogen and oxygen atoms in total. The molecule has 0 heterocycles. The van der Waals surface area contributed by atoms with Crippen molar-refractivity contribution in [3.05, 3.63) is 34.9 Å². The summed E-state index contributed by atoms with van der Waals surface area (Å²) in [5.41, 5.74) is 1.03. The van der Waals surface area contributed by atoms with Crippen LogP contribution in [0.5, 0.6) is 0 Å². The molecule has 0 aliphatic heterocycles. The van der Waals surface area contributed by atoms with Crippen LogP contribution in [0.4, 0.5) is 8.78 Å². The Morgan fingerprint density at radius 1 is 1.29 bits per heavy atom. The topological polar surface area (TPSA) is 0 Å². The van der Waals surface area contributed by atoms with E-state index in [-0.39, 0.29) is 4.83 Å². The first-order chi connectivity index (χ1) is 6.56. The van der Waals surface area contributed by atoms with Gasteiger partial charge in [-0.2, -0.15) is 0 Å². The van der Waals surface area contributed by atoms with E-state index in [0.717, 1.165) is 18.9 Å². The molecule has 1 aromatic carbocycles. The Labute approximate surface area is 91.5 Å². The summed E-state index contributed by atoms with van der Waals surface area (Å²) in [7, 11) is 0. The second kappa shape index (κ2) is 4.87. The summed E-state index contributed by atoms with van der Waals surface area (Å²) >= 11 is 3.39. The summed E-state index contributed by atoms with van der Waals surface area (Å²) in [6.45, 7) is 3.67. The molecule has 0 aromatic heterocycles. The average Bonchev–Trinajstić information content (AvgIpc) is 2.11. The zero-order chi connectivity index (χ0) is 10.7. The van der Waals surface area contributed by atoms with Gasteiger partial charge in [0.1, 0.15) is 11.6 Å². The number of halogens is 3. The SMILES string of the molecule is CCCC(Br)c1cc(C)c(F)cc1F. The summed E-state index contributed by atoms with van der Waals surface area (Å²) in [5.74, 6) is -0.953. The predicted molar refractivity (Wildman–Crippen MR) is 57.7 cm³/mol. The zero-order valence-electron chi connectivity index (χ0n) is 8.28. The Morgan fingerprint density at radius 2 is 1.93 bits per heavy atom. The highest BCUT2D eigenvalue weighted by atomic mass is 79.9. The quantitative estimate of drug-likeness (QED) is 0.704. The molecule has 1 rings (SSSR count). The Balaban J connectivity index is 3.02. The van der Waals surface area contributed by atoms with E-state index < -0.39 is 11.6 Å². The smallest absolute Gasteiger partial charge is 0.130 e. The van der Waals surface area contributed by atoms with Crippen LogP contribution >= 0.6 is 15.9 Å². The van der Waals surface area contributed by atoms with E-state index in [1.54, 1.807) is 13.0 Å². The number of alkyl halides is 1. The average molecular weight is 263 g/mol.